The third-order valence-electron chi connectivity index (χ3n) is 4.15. The van der Waals surface area contributed by atoms with Gasteiger partial charge in [0.05, 0.1) is 0 Å². The minimum absolute atomic E-state index is 0.335. The first-order valence-electron chi connectivity index (χ1n) is 8.71. The first-order chi connectivity index (χ1) is 12.7. The average molecular weight is 364 g/mol. The maximum atomic E-state index is 6.25. The summed E-state index contributed by atoms with van der Waals surface area (Å²) in [5.41, 5.74) is 4.83. The Labute approximate surface area is 157 Å². The molecule has 1 unspecified atom stereocenters. The molecule has 5 nitrogen and oxygen atoms in total. The highest BCUT2D eigenvalue weighted by atomic mass is 32.2. The van der Waals surface area contributed by atoms with Gasteiger partial charge in [0.25, 0.3) is 0 Å². The van der Waals surface area contributed by atoms with E-state index in [9.17, 15) is 0 Å². The smallest absolute Gasteiger partial charge is 0.247 e. The Balaban J connectivity index is 1.78. The molecule has 2 aromatic carbocycles. The van der Waals surface area contributed by atoms with E-state index >= 15 is 0 Å². The molecule has 1 aliphatic heterocycles. The van der Waals surface area contributed by atoms with Crippen LogP contribution in [0.4, 0.5) is 5.69 Å². The SMILES string of the molecule is CCCSc1nnc2c(n1)OC(c1ccc(C)cc1)Nc1ccccc1-2. The molecular weight excluding hydrogens is 344 g/mol. The molecule has 0 saturated carbocycles. The zero-order valence-electron chi connectivity index (χ0n) is 14.8. The molecular formula is C20H20N4OS. The minimum Gasteiger partial charge on any atom is -0.448 e. The van der Waals surface area contributed by atoms with Gasteiger partial charge < -0.3 is 10.1 Å². The minimum atomic E-state index is -0.335. The lowest BCUT2D eigenvalue weighted by molar-refractivity contribution is 0.225. The zero-order chi connectivity index (χ0) is 17.9. The molecule has 0 radical (unpaired) electrons. The second-order valence-corrected chi connectivity index (χ2v) is 7.26. The Hall–Kier alpha value is -2.60. The number of nitrogens with one attached hydrogen (secondary N) is 1. The predicted octanol–water partition coefficient (Wildman–Crippen LogP) is 4.85. The van der Waals surface area contributed by atoms with Crippen molar-refractivity contribution < 1.29 is 4.74 Å². The van der Waals surface area contributed by atoms with Gasteiger partial charge in [-0.3, -0.25) is 0 Å². The fourth-order valence-corrected chi connectivity index (χ4v) is 3.43. The molecule has 1 atom stereocenters. The summed E-state index contributed by atoms with van der Waals surface area (Å²) >= 11 is 1.60. The van der Waals surface area contributed by atoms with Gasteiger partial charge >= 0.3 is 0 Å². The molecule has 3 aromatic rings. The van der Waals surface area contributed by atoms with Crippen molar-refractivity contribution in [3.63, 3.8) is 0 Å². The molecule has 0 spiro atoms. The van der Waals surface area contributed by atoms with E-state index in [1.165, 1.54) is 5.56 Å². The third-order valence-corrected chi connectivity index (χ3v) is 5.19. The predicted molar refractivity (Wildman–Crippen MR) is 104 cm³/mol. The van der Waals surface area contributed by atoms with Crippen LogP contribution in [0.2, 0.25) is 0 Å². The number of aromatic nitrogens is 3. The van der Waals surface area contributed by atoms with Crippen molar-refractivity contribution in [3.8, 4) is 17.1 Å². The molecule has 26 heavy (non-hydrogen) atoms. The fourth-order valence-electron chi connectivity index (χ4n) is 2.79. The number of fused-ring (bicyclic) bond motifs is 3. The highest BCUT2D eigenvalue weighted by molar-refractivity contribution is 7.99. The number of nitrogens with zero attached hydrogens (tertiary/aromatic N) is 3. The van der Waals surface area contributed by atoms with Crippen LogP contribution in [0.15, 0.2) is 53.7 Å². The van der Waals surface area contributed by atoms with E-state index in [4.69, 9.17) is 4.74 Å². The number of benzene rings is 2. The van der Waals surface area contributed by atoms with Crippen LogP contribution in [0.1, 0.15) is 30.7 Å². The maximum absolute atomic E-state index is 6.25. The normalized spacial score (nSPS) is 15.2. The number of para-hydroxylation sites is 1. The van der Waals surface area contributed by atoms with Gasteiger partial charge in [-0.2, -0.15) is 4.98 Å². The summed E-state index contributed by atoms with van der Waals surface area (Å²) in [7, 11) is 0. The Morgan fingerprint density at radius 1 is 1.08 bits per heavy atom. The summed E-state index contributed by atoms with van der Waals surface area (Å²) in [6, 6.07) is 16.3. The van der Waals surface area contributed by atoms with E-state index in [0.717, 1.165) is 29.0 Å². The average Bonchev–Trinajstić information content (AvgIpc) is 2.83. The second kappa shape index (κ2) is 7.33. The number of rotatable bonds is 4. The summed E-state index contributed by atoms with van der Waals surface area (Å²) in [4.78, 5) is 4.63. The van der Waals surface area contributed by atoms with Crippen LogP contribution in [0.3, 0.4) is 0 Å². The number of ether oxygens (including phenoxy) is 1. The van der Waals surface area contributed by atoms with E-state index in [2.05, 4.69) is 58.6 Å². The number of hydrogen-bond acceptors (Lipinski definition) is 6. The topological polar surface area (TPSA) is 59.9 Å². The standard InChI is InChI=1S/C20H20N4OS/c1-3-12-26-20-22-19-17(23-24-20)15-6-4-5-7-16(15)21-18(25-19)14-10-8-13(2)9-11-14/h4-11,18,21H,3,12H2,1-2H3. The molecule has 132 valence electrons. The van der Waals surface area contributed by atoms with Crippen LogP contribution >= 0.6 is 11.8 Å². The van der Waals surface area contributed by atoms with Crippen molar-refractivity contribution in [2.75, 3.05) is 11.1 Å². The van der Waals surface area contributed by atoms with Crippen molar-refractivity contribution in [2.45, 2.75) is 31.7 Å². The zero-order valence-corrected chi connectivity index (χ0v) is 15.6. The first kappa shape index (κ1) is 16.8. The summed E-state index contributed by atoms with van der Waals surface area (Å²) in [5, 5.41) is 12.8. The van der Waals surface area contributed by atoms with Crippen LogP contribution in [0, 0.1) is 6.92 Å². The van der Waals surface area contributed by atoms with E-state index < -0.39 is 0 Å². The van der Waals surface area contributed by atoms with Crippen LogP contribution in [0.5, 0.6) is 5.88 Å². The van der Waals surface area contributed by atoms with Gasteiger partial charge in [0.15, 0.2) is 11.9 Å². The highest BCUT2D eigenvalue weighted by Gasteiger charge is 2.25. The lowest BCUT2D eigenvalue weighted by atomic mass is 10.1. The largest absolute Gasteiger partial charge is 0.448 e. The number of hydrogen-bond donors (Lipinski definition) is 1. The van der Waals surface area contributed by atoms with Crippen molar-refractivity contribution in [3.05, 3.63) is 59.7 Å². The summed E-state index contributed by atoms with van der Waals surface area (Å²) < 4.78 is 6.25. The lowest BCUT2D eigenvalue weighted by Gasteiger charge is -2.19. The molecule has 1 N–H and O–H groups in total. The summed E-state index contributed by atoms with van der Waals surface area (Å²) in [5.74, 6) is 1.47. The van der Waals surface area contributed by atoms with Gasteiger partial charge in [0.2, 0.25) is 11.0 Å². The molecule has 0 aliphatic carbocycles. The van der Waals surface area contributed by atoms with Gasteiger partial charge in [-0.05, 0) is 19.4 Å². The van der Waals surface area contributed by atoms with Crippen LogP contribution in [-0.2, 0) is 0 Å². The number of aryl methyl sites for hydroxylation is 1. The molecule has 1 aromatic heterocycles. The van der Waals surface area contributed by atoms with Gasteiger partial charge in [0, 0.05) is 22.6 Å². The molecule has 0 saturated heterocycles. The van der Waals surface area contributed by atoms with Gasteiger partial charge in [-0.25, -0.2) is 0 Å². The van der Waals surface area contributed by atoms with Crippen LogP contribution in [0.25, 0.3) is 11.3 Å². The molecule has 0 amide bonds. The number of thioether (sulfide) groups is 1. The van der Waals surface area contributed by atoms with Crippen molar-refractivity contribution in [1.29, 1.82) is 0 Å². The third kappa shape index (κ3) is 3.37. The first-order valence-corrected chi connectivity index (χ1v) is 9.70. The Kier molecular flexibility index (Phi) is 4.75. The van der Waals surface area contributed by atoms with Gasteiger partial charge in [-0.15, -0.1) is 10.2 Å². The van der Waals surface area contributed by atoms with Crippen LogP contribution < -0.4 is 10.1 Å². The fraction of sp³-hybridized carbons (Fsp3) is 0.250. The lowest BCUT2D eigenvalue weighted by Crippen LogP contribution is -2.17. The Bertz CT molecular complexity index is 914. The highest BCUT2D eigenvalue weighted by Crippen LogP contribution is 2.39. The van der Waals surface area contributed by atoms with Crippen molar-refractivity contribution in [2.24, 2.45) is 0 Å². The monoisotopic (exact) mass is 364 g/mol. The van der Waals surface area contributed by atoms with E-state index in [0.29, 0.717) is 16.7 Å². The quantitative estimate of drug-likeness (QED) is 0.668. The van der Waals surface area contributed by atoms with E-state index in [-0.39, 0.29) is 6.23 Å². The molecule has 0 bridgehead atoms. The van der Waals surface area contributed by atoms with Gasteiger partial charge in [-0.1, -0.05) is 66.7 Å². The van der Waals surface area contributed by atoms with E-state index in [1.54, 1.807) is 11.8 Å². The second-order valence-electron chi connectivity index (χ2n) is 6.20. The summed E-state index contributed by atoms with van der Waals surface area (Å²) in [6.45, 7) is 4.21. The van der Waals surface area contributed by atoms with Crippen molar-refractivity contribution in [1.82, 2.24) is 15.2 Å². The van der Waals surface area contributed by atoms with E-state index in [1.807, 2.05) is 24.3 Å². The Morgan fingerprint density at radius 2 is 1.88 bits per heavy atom. The molecule has 6 heteroatoms. The molecule has 4 rings (SSSR count). The maximum Gasteiger partial charge on any atom is 0.247 e. The van der Waals surface area contributed by atoms with Crippen molar-refractivity contribution >= 4 is 17.4 Å². The van der Waals surface area contributed by atoms with Gasteiger partial charge in [0.1, 0.15) is 0 Å². The summed E-state index contributed by atoms with van der Waals surface area (Å²) in [6.07, 6.45) is 0.723. The number of anilines is 1. The molecule has 0 fully saturated rings. The van der Waals surface area contributed by atoms with Crippen LogP contribution in [-0.4, -0.2) is 20.9 Å². The molecule has 2 heterocycles. The molecule has 1 aliphatic rings. The Morgan fingerprint density at radius 3 is 2.69 bits per heavy atom.